The maximum Gasteiger partial charge on any atom is 0.253 e. The summed E-state index contributed by atoms with van der Waals surface area (Å²) in [6, 6.07) is 16.0. The molecule has 9 nitrogen and oxygen atoms in total. The van der Waals surface area contributed by atoms with Crippen LogP contribution in [0.25, 0.3) is 0 Å². The summed E-state index contributed by atoms with van der Waals surface area (Å²) < 4.78 is 12.3. The number of carbonyl (C=O) groups excluding carboxylic acids is 3. The van der Waals surface area contributed by atoms with Gasteiger partial charge in [-0.2, -0.15) is 0 Å². The number of aliphatic hydroxyl groups is 1. The Morgan fingerprint density at radius 2 is 1.76 bits per heavy atom. The van der Waals surface area contributed by atoms with Gasteiger partial charge in [-0.15, -0.1) is 13.2 Å². The van der Waals surface area contributed by atoms with E-state index in [1.54, 1.807) is 46.1 Å². The van der Waals surface area contributed by atoms with Crippen molar-refractivity contribution in [3.63, 3.8) is 0 Å². The molecule has 3 heterocycles. The Hall–Kier alpha value is -3.95. The van der Waals surface area contributed by atoms with E-state index in [-0.39, 0.29) is 43.3 Å². The molecule has 3 saturated heterocycles. The summed E-state index contributed by atoms with van der Waals surface area (Å²) in [5.74, 6) is -1.72. The summed E-state index contributed by atoms with van der Waals surface area (Å²) in [4.78, 5) is 48.9. The molecule has 3 aliphatic heterocycles. The van der Waals surface area contributed by atoms with Gasteiger partial charge in [0.05, 0.1) is 24.5 Å². The van der Waals surface area contributed by atoms with Gasteiger partial charge < -0.3 is 29.3 Å². The predicted octanol–water partition coefficient (Wildman–Crippen LogP) is 4.21. The SMILES string of the molecule is C=CCN(Cc1ccccc1)C(=O)[C@@H]1[C@H]2C(=O)N(CCCCO)C(C(=O)N(CC=C)c3ccc(OC)cc3)C23CC(C)[C@@]1(C)O3. The Bertz CT molecular complexity index is 1410. The van der Waals surface area contributed by atoms with E-state index in [4.69, 9.17) is 9.47 Å². The first-order chi connectivity index (χ1) is 21.7. The van der Waals surface area contributed by atoms with Crippen LogP contribution in [0.3, 0.4) is 0 Å². The molecule has 0 radical (unpaired) electrons. The van der Waals surface area contributed by atoms with Crippen LogP contribution >= 0.6 is 0 Å². The fraction of sp³-hybridized carbons (Fsp3) is 0.472. The van der Waals surface area contributed by atoms with Crippen LogP contribution in [-0.4, -0.2) is 83.2 Å². The van der Waals surface area contributed by atoms with Crippen molar-refractivity contribution in [1.82, 2.24) is 9.80 Å². The minimum absolute atomic E-state index is 0.0215. The van der Waals surface area contributed by atoms with E-state index in [0.717, 1.165) is 5.56 Å². The van der Waals surface area contributed by atoms with E-state index in [1.807, 2.05) is 56.3 Å². The number of carbonyl (C=O) groups is 3. The number of ether oxygens (including phenoxy) is 2. The van der Waals surface area contributed by atoms with Crippen molar-refractivity contribution < 1.29 is 29.0 Å². The lowest BCUT2D eigenvalue weighted by Gasteiger charge is -2.39. The molecule has 6 atom stereocenters. The summed E-state index contributed by atoms with van der Waals surface area (Å²) in [5.41, 5.74) is -0.504. The van der Waals surface area contributed by atoms with Gasteiger partial charge in [0.1, 0.15) is 17.4 Å². The second-order valence-electron chi connectivity index (χ2n) is 12.6. The largest absolute Gasteiger partial charge is 0.497 e. The fourth-order valence-electron chi connectivity index (χ4n) is 7.78. The summed E-state index contributed by atoms with van der Waals surface area (Å²) in [6.07, 6.45) is 4.83. The quantitative estimate of drug-likeness (QED) is 0.253. The van der Waals surface area contributed by atoms with Crippen LogP contribution in [-0.2, 0) is 25.7 Å². The average Bonchev–Trinajstić information content (AvgIpc) is 3.56. The first-order valence-corrected chi connectivity index (χ1v) is 15.8. The maximum atomic E-state index is 14.8. The van der Waals surface area contributed by atoms with E-state index >= 15 is 0 Å². The maximum absolute atomic E-state index is 14.8. The van der Waals surface area contributed by atoms with Crippen molar-refractivity contribution in [2.24, 2.45) is 17.8 Å². The van der Waals surface area contributed by atoms with Crippen molar-refractivity contribution in [1.29, 1.82) is 0 Å². The highest BCUT2D eigenvalue weighted by Crippen LogP contribution is 2.65. The summed E-state index contributed by atoms with van der Waals surface area (Å²) >= 11 is 0. The molecule has 1 spiro atoms. The molecule has 2 bridgehead atoms. The number of methoxy groups -OCH3 is 1. The van der Waals surface area contributed by atoms with Gasteiger partial charge >= 0.3 is 0 Å². The van der Waals surface area contributed by atoms with Gasteiger partial charge in [-0.05, 0) is 61.9 Å². The smallest absolute Gasteiger partial charge is 0.253 e. The number of benzene rings is 2. The van der Waals surface area contributed by atoms with Gasteiger partial charge in [-0.1, -0.05) is 49.4 Å². The van der Waals surface area contributed by atoms with Gasteiger partial charge in [0.15, 0.2) is 0 Å². The number of hydrogen-bond acceptors (Lipinski definition) is 6. The molecule has 3 unspecified atom stereocenters. The highest BCUT2D eigenvalue weighted by atomic mass is 16.5. The zero-order valence-corrected chi connectivity index (χ0v) is 26.6. The third-order valence-electron chi connectivity index (χ3n) is 9.96. The molecule has 45 heavy (non-hydrogen) atoms. The minimum Gasteiger partial charge on any atom is -0.497 e. The predicted molar refractivity (Wildman–Crippen MR) is 172 cm³/mol. The minimum atomic E-state index is -1.18. The highest BCUT2D eigenvalue weighted by Gasteiger charge is 2.80. The van der Waals surface area contributed by atoms with Crippen molar-refractivity contribution >= 4 is 23.4 Å². The van der Waals surface area contributed by atoms with Gasteiger partial charge in [-0.3, -0.25) is 14.4 Å². The standard InChI is InChI=1S/C36H45N3O6/c1-6-19-37(24-26-13-9-8-10-14-26)32(41)29-30-33(42)39(21-11-12-22-40)31(36(30)23-25(3)35(29,4)45-36)34(43)38(20-7-2)27-15-17-28(44-5)18-16-27/h6-10,13-18,25,29-31,40H,1-2,11-12,19-24H2,3-5H3/t25?,29-,30-,31?,35+,36?/m0/s1. The molecule has 0 saturated carbocycles. The van der Waals surface area contributed by atoms with Crippen molar-refractivity contribution in [2.45, 2.75) is 56.9 Å². The number of unbranched alkanes of at least 4 members (excludes halogenated alkanes) is 1. The molecule has 3 fully saturated rings. The molecule has 9 heteroatoms. The number of hydrogen-bond donors (Lipinski definition) is 1. The first kappa shape index (κ1) is 32.4. The molecule has 3 aliphatic rings. The summed E-state index contributed by atoms with van der Waals surface area (Å²) in [7, 11) is 1.58. The molecular weight excluding hydrogens is 570 g/mol. The van der Waals surface area contributed by atoms with Crippen LogP contribution in [0, 0.1) is 17.8 Å². The van der Waals surface area contributed by atoms with Crippen LogP contribution < -0.4 is 9.64 Å². The molecule has 5 rings (SSSR count). The summed E-state index contributed by atoms with van der Waals surface area (Å²) in [6.45, 7) is 12.9. The monoisotopic (exact) mass is 615 g/mol. The number of nitrogens with zero attached hydrogens (tertiary/aromatic N) is 3. The van der Waals surface area contributed by atoms with E-state index in [2.05, 4.69) is 13.2 Å². The normalized spacial score (nSPS) is 28.1. The molecule has 1 N–H and O–H groups in total. The molecule has 240 valence electrons. The Morgan fingerprint density at radius 3 is 2.38 bits per heavy atom. The van der Waals surface area contributed by atoms with E-state index < -0.39 is 29.1 Å². The second-order valence-corrected chi connectivity index (χ2v) is 12.6. The lowest BCUT2D eigenvalue weighted by atomic mass is 9.62. The highest BCUT2D eigenvalue weighted by molar-refractivity contribution is 6.05. The van der Waals surface area contributed by atoms with Crippen molar-refractivity contribution in [2.75, 3.05) is 38.3 Å². The Balaban J connectivity index is 1.57. The fourth-order valence-corrected chi connectivity index (χ4v) is 7.78. The average molecular weight is 616 g/mol. The van der Waals surface area contributed by atoms with Crippen LogP contribution in [0.5, 0.6) is 5.75 Å². The number of anilines is 1. The second kappa shape index (κ2) is 13.2. The third-order valence-corrected chi connectivity index (χ3v) is 9.96. The summed E-state index contributed by atoms with van der Waals surface area (Å²) in [5, 5.41) is 9.53. The molecule has 2 aromatic rings. The third kappa shape index (κ3) is 5.57. The molecular formula is C36H45N3O6. The zero-order chi connectivity index (χ0) is 32.4. The number of likely N-dealkylation sites (tertiary alicyclic amines) is 1. The molecule has 0 aliphatic carbocycles. The Labute approximate surface area is 266 Å². The number of amides is 3. The number of aliphatic hydroxyl groups excluding tert-OH is 1. The van der Waals surface area contributed by atoms with Gasteiger partial charge in [0.2, 0.25) is 11.8 Å². The lowest BCUT2D eigenvalue weighted by molar-refractivity contribution is -0.151. The Kier molecular flexibility index (Phi) is 9.51. The van der Waals surface area contributed by atoms with E-state index in [0.29, 0.717) is 43.8 Å². The van der Waals surface area contributed by atoms with Gasteiger partial charge in [0, 0.05) is 38.5 Å². The van der Waals surface area contributed by atoms with Crippen LogP contribution in [0.2, 0.25) is 0 Å². The van der Waals surface area contributed by atoms with Crippen molar-refractivity contribution in [3.8, 4) is 5.75 Å². The first-order valence-electron chi connectivity index (χ1n) is 15.8. The van der Waals surface area contributed by atoms with Crippen molar-refractivity contribution in [3.05, 3.63) is 85.5 Å². The topological polar surface area (TPSA) is 99.6 Å². The number of fused-ring (bicyclic) bond motifs is 1. The van der Waals surface area contributed by atoms with Crippen LogP contribution in [0.15, 0.2) is 79.9 Å². The van der Waals surface area contributed by atoms with E-state index in [1.165, 1.54) is 0 Å². The molecule has 0 aromatic heterocycles. The van der Waals surface area contributed by atoms with Crippen LogP contribution in [0.1, 0.15) is 38.7 Å². The number of rotatable bonds is 14. The van der Waals surface area contributed by atoms with Gasteiger partial charge in [0.25, 0.3) is 5.91 Å². The lowest BCUT2D eigenvalue weighted by Crippen LogP contribution is -2.57. The molecule has 3 amide bonds. The Morgan fingerprint density at radius 1 is 1.07 bits per heavy atom. The van der Waals surface area contributed by atoms with E-state index in [9.17, 15) is 19.5 Å². The zero-order valence-electron chi connectivity index (χ0n) is 26.6. The van der Waals surface area contributed by atoms with Gasteiger partial charge in [-0.25, -0.2) is 0 Å². The van der Waals surface area contributed by atoms with Crippen LogP contribution in [0.4, 0.5) is 5.69 Å². The molecule has 2 aromatic carbocycles.